The molecule has 0 spiro atoms. The van der Waals surface area contributed by atoms with Crippen molar-refractivity contribution >= 4 is 11.2 Å². The molecule has 0 aliphatic carbocycles. The van der Waals surface area contributed by atoms with Crippen LogP contribution in [0.15, 0.2) is 67.1 Å². The fourth-order valence-electron chi connectivity index (χ4n) is 2.61. The maximum absolute atomic E-state index is 4.75. The van der Waals surface area contributed by atoms with Gasteiger partial charge in [0.2, 0.25) is 0 Å². The molecule has 3 aromatic heterocycles. The number of pyridine rings is 2. The van der Waals surface area contributed by atoms with Gasteiger partial charge in [0.1, 0.15) is 11.3 Å². The van der Waals surface area contributed by atoms with Gasteiger partial charge in [-0.2, -0.15) is 0 Å². The van der Waals surface area contributed by atoms with E-state index in [2.05, 4.69) is 39.7 Å². The van der Waals surface area contributed by atoms with Crippen molar-refractivity contribution in [2.24, 2.45) is 0 Å². The molecule has 3 heterocycles. The van der Waals surface area contributed by atoms with Crippen LogP contribution in [0.25, 0.3) is 28.2 Å². The Hall–Kier alpha value is -3.01. The second-order valence-electron chi connectivity index (χ2n) is 5.20. The standard InChI is InChI=1S/C18H14N4/c1-13-5-2-7-15(11-13)22-17(14-6-3-9-19-12-14)21-16-8-4-10-20-18(16)22/h2-12H,1H3. The summed E-state index contributed by atoms with van der Waals surface area (Å²) in [6.07, 6.45) is 5.39. The van der Waals surface area contributed by atoms with Crippen molar-refractivity contribution in [2.45, 2.75) is 6.92 Å². The van der Waals surface area contributed by atoms with Crippen LogP contribution < -0.4 is 0 Å². The summed E-state index contributed by atoms with van der Waals surface area (Å²) in [6, 6.07) is 16.2. The highest BCUT2D eigenvalue weighted by Crippen LogP contribution is 2.27. The van der Waals surface area contributed by atoms with Crippen molar-refractivity contribution in [3.8, 4) is 17.1 Å². The van der Waals surface area contributed by atoms with E-state index in [9.17, 15) is 0 Å². The van der Waals surface area contributed by atoms with Crippen LogP contribution in [0.5, 0.6) is 0 Å². The molecule has 0 atom stereocenters. The number of imidazole rings is 1. The summed E-state index contributed by atoms with van der Waals surface area (Å²) < 4.78 is 2.08. The van der Waals surface area contributed by atoms with E-state index in [1.807, 2.05) is 36.5 Å². The average Bonchev–Trinajstić information content (AvgIpc) is 2.95. The van der Waals surface area contributed by atoms with Gasteiger partial charge in [0.05, 0.1) is 0 Å². The van der Waals surface area contributed by atoms with Gasteiger partial charge in [-0.1, -0.05) is 12.1 Å². The Bertz CT molecular complexity index is 942. The summed E-state index contributed by atoms with van der Waals surface area (Å²) in [7, 11) is 0. The zero-order valence-electron chi connectivity index (χ0n) is 12.1. The highest BCUT2D eigenvalue weighted by molar-refractivity contribution is 5.79. The molecule has 0 bridgehead atoms. The summed E-state index contributed by atoms with van der Waals surface area (Å²) in [4.78, 5) is 13.5. The molecule has 0 unspecified atom stereocenters. The molecule has 4 heteroatoms. The number of hydrogen-bond acceptors (Lipinski definition) is 3. The van der Waals surface area contributed by atoms with Crippen molar-refractivity contribution in [3.05, 3.63) is 72.7 Å². The molecule has 0 aliphatic heterocycles. The topological polar surface area (TPSA) is 43.6 Å². The minimum Gasteiger partial charge on any atom is -0.277 e. The number of aryl methyl sites for hydroxylation is 1. The van der Waals surface area contributed by atoms with Gasteiger partial charge in [-0.3, -0.25) is 9.55 Å². The molecule has 4 nitrogen and oxygen atoms in total. The molecule has 4 rings (SSSR count). The van der Waals surface area contributed by atoms with Crippen LogP contribution in [-0.4, -0.2) is 19.5 Å². The quantitative estimate of drug-likeness (QED) is 0.563. The van der Waals surface area contributed by atoms with Gasteiger partial charge in [0, 0.05) is 29.8 Å². The number of benzene rings is 1. The smallest absolute Gasteiger partial charge is 0.164 e. The molecular formula is C18H14N4. The zero-order valence-corrected chi connectivity index (χ0v) is 12.1. The van der Waals surface area contributed by atoms with Crippen molar-refractivity contribution in [1.82, 2.24) is 19.5 Å². The summed E-state index contributed by atoms with van der Waals surface area (Å²) in [6.45, 7) is 2.08. The third-order valence-corrected chi connectivity index (χ3v) is 3.60. The minimum absolute atomic E-state index is 0.854. The second kappa shape index (κ2) is 5.07. The Kier molecular flexibility index (Phi) is 2.93. The fraction of sp³-hybridized carbons (Fsp3) is 0.0556. The lowest BCUT2D eigenvalue weighted by molar-refractivity contribution is 1.07. The summed E-state index contributed by atoms with van der Waals surface area (Å²) in [5.41, 5.74) is 4.96. The van der Waals surface area contributed by atoms with Crippen LogP contribution >= 0.6 is 0 Å². The van der Waals surface area contributed by atoms with Crippen molar-refractivity contribution in [3.63, 3.8) is 0 Å². The van der Waals surface area contributed by atoms with E-state index in [0.29, 0.717) is 0 Å². The first kappa shape index (κ1) is 12.7. The zero-order chi connectivity index (χ0) is 14.9. The van der Waals surface area contributed by atoms with E-state index in [1.54, 1.807) is 12.4 Å². The lowest BCUT2D eigenvalue weighted by atomic mass is 10.2. The average molecular weight is 286 g/mol. The van der Waals surface area contributed by atoms with E-state index < -0.39 is 0 Å². The maximum atomic E-state index is 4.75. The lowest BCUT2D eigenvalue weighted by Crippen LogP contribution is -1.99. The fourth-order valence-corrected chi connectivity index (χ4v) is 2.61. The molecule has 0 fully saturated rings. The predicted octanol–water partition coefficient (Wildman–Crippen LogP) is 3.79. The third kappa shape index (κ3) is 2.05. The molecule has 0 saturated heterocycles. The summed E-state index contributed by atoms with van der Waals surface area (Å²) in [5.74, 6) is 0.854. The lowest BCUT2D eigenvalue weighted by Gasteiger charge is -2.09. The van der Waals surface area contributed by atoms with Crippen LogP contribution in [0.3, 0.4) is 0 Å². The molecule has 0 radical (unpaired) electrons. The Balaban J connectivity index is 2.07. The minimum atomic E-state index is 0.854. The number of fused-ring (bicyclic) bond motifs is 1. The van der Waals surface area contributed by atoms with Gasteiger partial charge < -0.3 is 0 Å². The first-order valence-electron chi connectivity index (χ1n) is 7.14. The van der Waals surface area contributed by atoms with E-state index in [0.717, 1.165) is 28.2 Å². The third-order valence-electron chi connectivity index (χ3n) is 3.60. The highest BCUT2D eigenvalue weighted by Gasteiger charge is 2.15. The number of aromatic nitrogens is 4. The summed E-state index contributed by atoms with van der Waals surface area (Å²) in [5, 5.41) is 0. The SMILES string of the molecule is Cc1cccc(-n2c(-c3cccnc3)nc3cccnc32)c1. The van der Waals surface area contributed by atoms with Gasteiger partial charge in [-0.25, -0.2) is 9.97 Å². The molecule has 1 aromatic carbocycles. The Morgan fingerprint density at radius 2 is 1.86 bits per heavy atom. The van der Waals surface area contributed by atoms with Crippen LogP contribution in [0.2, 0.25) is 0 Å². The van der Waals surface area contributed by atoms with Crippen molar-refractivity contribution in [1.29, 1.82) is 0 Å². The van der Waals surface area contributed by atoms with Gasteiger partial charge in [0.25, 0.3) is 0 Å². The molecular weight excluding hydrogens is 272 g/mol. The largest absolute Gasteiger partial charge is 0.277 e. The van der Waals surface area contributed by atoms with Gasteiger partial charge in [-0.15, -0.1) is 0 Å². The number of nitrogens with zero attached hydrogens (tertiary/aromatic N) is 4. The highest BCUT2D eigenvalue weighted by atomic mass is 15.1. The van der Waals surface area contributed by atoms with E-state index in [-0.39, 0.29) is 0 Å². The molecule has 22 heavy (non-hydrogen) atoms. The Morgan fingerprint density at radius 3 is 2.68 bits per heavy atom. The molecule has 0 amide bonds. The van der Waals surface area contributed by atoms with Crippen LogP contribution in [0.4, 0.5) is 0 Å². The molecule has 0 N–H and O–H groups in total. The van der Waals surface area contributed by atoms with E-state index in [1.165, 1.54) is 5.56 Å². The molecule has 0 aliphatic rings. The van der Waals surface area contributed by atoms with Crippen LogP contribution in [0, 0.1) is 6.92 Å². The van der Waals surface area contributed by atoms with E-state index >= 15 is 0 Å². The van der Waals surface area contributed by atoms with Crippen molar-refractivity contribution in [2.75, 3.05) is 0 Å². The van der Waals surface area contributed by atoms with Crippen molar-refractivity contribution < 1.29 is 0 Å². The first-order valence-corrected chi connectivity index (χ1v) is 7.14. The maximum Gasteiger partial charge on any atom is 0.164 e. The van der Waals surface area contributed by atoms with Crippen LogP contribution in [-0.2, 0) is 0 Å². The number of rotatable bonds is 2. The van der Waals surface area contributed by atoms with Gasteiger partial charge >= 0.3 is 0 Å². The second-order valence-corrected chi connectivity index (χ2v) is 5.20. The van der Waals surface area contributed by atoms with Gasteiger partial charge in [-0.05, 0) is 48.9 Å². The Labute approximate surface area is 128 Å². The Morgan fingerprint density at radius 1 is 0.955 bits per heavy atom. The van der Waals surface area contributed by atoms with Gasteiger partial charge in [0.15, 0.2) is 5.65 Å². The van der Waals surface area contributed by atoms with Crippen LogP contribution in [0.1, 0.15) is 5.56 Å². The molecule has 4 aromatic rings. The van der Waals surface area contributed by atoms with E-state index in [4.69, 9.17) is 4.98 Å². The predicted molar refractivity (Wildman–Crippen MR) is 86.8 cm³/mol. The monoisotopic (exact) mass is 286 g/mol. The number of hydrogen-bond donors (Lipinski definition) is 0. The normalized spacial score (nSPS) is 11.0. The molecule has 106 valence electrons. The summed E-state index contributed by atoms with van der Waals surface area (Å²) >= 11 is 0. The first-order chi connectivity index (χ1) is 10.8. The molecule has 0 saturated carbocycles.